The van der Waals surface area contributed by atoms with Gasteiger partial charge in [-0.15, -0.1) is 0 Å². The number of hydrogen-bond donors (Lipinski definition) is 1. The fraction of sp³-hybridized carbons (Fsp3) is 0.269. The highest BCUT2D eigenvalue weighted by molar-refractivity contribution is 6.34. The van der Waals surface area contributed by atoms with Crippen molar-refractivity contribution in [2.75, 3.05) is 25.5 Å². The van der Waals surface area contributed by atoms with Crippen molar-refractivity contribution >= 4 is 34.0 Å². The van der Waals surface area contributed by atoms with E-state index in [4.69, 9.17) is 4.74 Å². The van der Waals surface area contributed by atoms with E-state index in [1.165, 1.54) is 10.9 Å². The fourth-order valence-electron chi connectivity index (χ4n) is 4.59. The quantitative estimate of drug-likeness (QED) is 0.662. The molecule has 5 rings (SSSR count). The lowest BCUT2D eigenvalue weighted by Gasteiger charge is -2.31. The molecular formula is C26H26N2O2. The molecule has 3 aromatic rings. The number of benzene rings is 3. The van der Waals surface area contributed by atoms with Gasteiger partial charge >= 0.3 is 0 Å². The first-order valence-corrected chi connectivity index (χ1v) is 10.6. The average molecular weight is 399 g/mol. The maximum absolute atomic E-state index is 13.0. The maximum Gasteiger partial charge on any atom is 0.256 e. The Labute approximate surface area is 177 Å². The molecule has 4 heteroatoms. The number of nitrogens with one attached hydrogen (secondary N) is 1. The summed E-state index contributed by atoms with van der Waals surface area (Å²) < 4.78 is 5.45. The number of nitrogens with zero attached hydrogens (tertiary/aromatic N) is 1. The van der Waals surface area contributed by atoms with Crippen molar-refractivity contribution in [1.82, 2.24) is 4.90 Å². The molecule has 0 unspecified atom stereocenters. The van der Waals surface area contributed by atoms with Gasteiger partial charge in [-0.1, -0.05) is 48.5 Å². The Balaban J connectivity index is 1.25. The Kier molecular flexibility index (Phi) is 5.11. The van der Waals surface area contributed by atoms with Gasteiger partial charge in [0.2, 0.25) is 0 Å². The lowest BCUT2D eigenvalue weighted by molar-refractivity contribution is -0.111. The molecule has 1 saturated heterocycles. The predicted octanol–water partition coefficient (Wildman–Crippen LogP) is 4.94. The summed E-state index contributed by atoms with van der Waals surface area (Å²) in [6.07, 6.45) is 4.58. The lowest BCUT2D eigenvalue weighted by atomic mass is 10.0. The summed E-state index contributed by atoms with van der Waals surface area (Å²) in [6.45, 7) is 3.07. The zero-order valence-electron chi connectivity index (χ0n) is 17.2. The smallest absolute Gasteiger partial charge is 0.256 e. The summed E-state index contributed by atoms with van der Waals surface area (Å²) in [4.78, 5) is 15.4. The fourth-order valence-corrected chi connectivity index (χ4v) is 4.59. The molecule has 1 heterocycles. The van der Waals surface area contributed by atoms with E-state index in [1.807, 2.05) is 36.4 Å². The van der Waals surface area contributed by atoms with Crippen LogP contribution in [-0.4, -0.2) is 37.1 Å². The Morgan fingerprint density at radius 2 is 1.77 bits per heavy atom. The van der Waals surface area contributed by atoms with E-state index < -0.39 is 0 Å². The number of methoxy groups -OCH3 is 1. The molecule has 1 amide bonds. The van der Waals surface area contributed by atoms with Gasteiger partial charge in [-0.2, -0.15) is 0 Å². The van der Waals surface area contributed by atoms with Gasteiger partial charge in [0, 0.05) is 38.0 Å². The zero-order chi connectivity index (χ0) is 20.5. The number of likely N-dealkylation sites (tertiary alicyclic amines) is 1. The molecule has 1 N–H and O–H groups in total. The van der Waals surface area contributed by atoms with Crippen LogP contribution in [0.25, 0.3) is 22.4 Å². The molecule has 3 aromatic carbocycles. The van der Waals surface area contributed by atoms with E-state index in [-0.39, 0.29) is 5.91 Å². The minimum Gasteiger partial charge on any atom is -0.381 e. The van der Waals surface area contributed by atoms with Gasteiger partial charge in [-0.3, -0.25) is 9.69 Å². The highest BCUT2D eigenvalue weighted by Gasteiger charge is 2.22. The molecule has 152 valence electrons. The summed E-state index contributed by atoms with van der Waals surface area (Å²) in [5.41, 5.74) is 4.94. The second-order valence-corrected chi connectivity index (χ2v) is 8.17. The van der Waals surface area contributed by atoms with Gasteiger partial charge < -0.3 is 10.1 Å². The van der Waals surface area contributed by atoms with Crippen LogP contribution in [0.4, 0.5) is 5.69 Å². The van der Waals surface area contributed by atoms with Crippen molar-refractivity contribution in [3.8, 4) is 0 Å². The number of carbonyl (C=O) groups is 1. The van der Waals surface area contributed by atoms with Crippen LogP contribution in [0.3, 0.4) is 0 Å². The van der Waals surface area contributed by atoms with E-state index in [2.05, 4.69) is 40.5 Å². The molecule has 0 spiro atoms. The first-order valence-electron chi connectivity index (χ1n) is 10.6. The molecule has 1 aliphatic carbocycles. The lowest BCUT2D eigenvalue weighted by Crippen LogP contribution is -2.36. The monoisotopic (exact) mass is 398 g/mol. The van der Waals surface area contributed by atoms with Gasteiger partial charge in [0.1, 0.15) is 0 Å². The van der Waals surface area contributed by atoms with Crippen LogP contribution in [0, 0.1) is 0 Å². The third kappa shape index (κ3) is 3.64. The predicted molar refractivity (Wildman–Crippen MR) is 122 cm³/mol. The summed E-state index contributed by atoms with van der Waals surface area (Å²) in [6, 6.07) is 20.5. The second kappa shape index (κ2) is 8.05. The first kappa shape index (κ1) is 19.0. The van der Waals surface area contributed by atoms with Crippen LogP contribution >= 0.6 is 0 Å². The van der Waals surface area contributed by atoms with Crippen LogP contribution in [0.5, 0.6) is 0 Å². The Morgan fingerprint density at radius 3 is 2.50 bits per heavy atom. The number of ether oxygens (including phenoxy) is 1. The van der Waals surface area contributed by atoms with Crippen LogP contribution in [0.2, 0.25) is 0 Å². The Morgan fingerprint density at radius 1 is 1.03 bits per heavy atom. The molecule has 1 fully saturated rings. The van der Waals surface area contributed by atoms with Gasteiger partial charge in [0.15, 0.2) is 0 Å². The van der Waals surface area contributed by atoms with Crippen LogP contribution in [0.15, 0.2) is 60.7 Å². The number of piperidine rings is 1. The molecule has 0 atom stereocenters. The van der Waals surface area contributed by atoms with Gasteiger partial charge in [0.25, 0.3) is 5.91 Å². The SMILES string of the molecule is COC1CCN(Cc2ccc(NC(=O)C3=Cc4cccc5cccc3c45)cc2)CC1. The number of carbonyl (C=O) groups excluding carboxylic acids is 1. The Bertz CT molecular complexity index is 1100. The molecule has 1 aliphatic heterocycles. The van der Waals surface area contributed by atoms with Gasteiger partial charge in [-0.25, -0.2) is 0 Å². The maximum atomic E-state index is 13.0. The van der Waals surface area contributed by atoms with Crippen molar-refractivity contribution in [2.45, 2.75) is 25.5 Å². The minimum absolute atomic E-state index is 0.0620. The molecular weight excluding hydrogens is 372 g/mol. The number of amides is 1. The second-order valence-electron chi connectivity index (χ2n) is 8.17. The molecule has 30 heavy (non-hydrogen) atoms. The summed E-state index contributed by atoms with van der Waals surface area (Å²) in [5.74, 6) is -0.0620. The first-order chi connectivity index (χ1) is 14.7. The molecule has 0 saturated carbocycles. The Hall–Kier alpha value is -2.95. The third-order valence-electron chi connectivity index (χ3n) is 6.26. The number of hydrogen-bond acceptors (Lipinski definition) is 3. The standard InChI is InChI=1S/C26H26N2O2/c1-30-22-12-14-28(15-13-22)17-18-8-10-21(11-9-18)27-26(29)24-16-20-6-2-4-19-5-3-7-23(24)25(19)20/h2-11,16,22H,12-15,17H2,1H3,(H,27,29). The summed E-state index contributed by atoms with van der Waals surface area (Å²) >= 11 is 0. The van der Waals surface area contributed by atoms with Crippen LogP contribution in [0.1, 0.15) is 29.5 Å². The van der Waals surface area contributed by atoms with Crippen LogP contribution < -0.4 is 5.32 Å². The zero-order valence-corrected chi connectivity index (χ0v) is 17.2. The molecule has 0 aromatic heterocycles. The van der Waals surface area contributed by atoms with E-state index in [0.717, 1.165) is 60.2 Å². The highest BCUT2D eigenvalue weighted by Crippen LogP contribution is 2.36. The van der Waals surface area contributed by atoms with Crippen molar-refractivity contribution in [2.24, 2.45) is 0 Å². The van der Waals surface area contributed by atoms with E-state index in [9.17, 15) is 4.79 Å². The average Bonchev–Trinajstić information content (AvgIpc) is 3.17. The highest BCUT2D eigenvalue weighted by atomic mass is 16.5. The normalized spacial score (nSPS) is 16.6. The summed E-state index contributed by atoms with van der Waals surface area (Å²) in [7, 11) is 1.80. The van der Waals surface area contributed by atoms with Crippen molar-refractivity contribution in [1.29, 1.82) is 0 Å². The van der Waals surface area contributed by atoms with Gasteiger partial charge in [-0.05, 0) is 58.5 Å². The van der Waals surface area contributed by atoms with Crippen molar-refractivity contribution in [3.63, 3.8) is 0 Å². The van der Waals surface area contributed by atoms with Gasteiger partial charge in [0.05, 0.1) is 6.10 Å². The molecule has 2 aliphatic rings. The number of anilines is 1. The van der Waals surface area contributed by atoms with E-state index >= 15 is 0 Å². The topological polar surface area (TPSA) is 41.6 Å². The van der Waals surface area contributed by atoms with Crippen molar-refractivity contribution in [3.05, 3.63) is 77.4 Å². The molecule has 0 bridgehead atoms. The number of rotatable bonds is 5. The van der Waals surface area contributed by atoms with E-state index in [1.54, 1.807) is 7.11 Å². The third-order valence-corrected chi connectivity index (χ3v) is 6.26. The molecule has 0 radical (unpaired) electrons. The largest absolute Gasteiger partial charge is 0.381 e. The minimum atomic E-state index is -0.0620. The molecule has 4 nitrogen and oxygen atoms in total. The van der Waals surface area contributed by atoms with E-state index in [0.29, 0.717) is 6.10 Å². The van der Waals surface area contributed by atoms with Crippen molar-refractivity contribution < 1.29 is 9.53 Å². The van der Waals surface area contributed by atoms with Crippen LogP contribution in [-0.2, 0) is 16.1 Å². The summed E-state index contributed by atoms with van der Waals surface area (Å²) in [5, 5.41) is 5.40.